The summed E-state index contributed by atoms with van der Waals surface area (Å²) < 4.78 is 37.7. The third-order valence-corrected chi connectivity index (χ3v) is 9.80. The molecule has 39 heavy (non-hydrogen) atoms. The van der Waals surface area contributed by atoms with Crippen LogP contribution in [0.5, 0.6) is 0 Å². The van der Waals surface area contributed by atoms with E-state index < -0.39 is 68.1 Å². The van der Waals surface area contributed by atoms with Gasteiger partial charge in [-0.05, 0) is 42.0 Å². The van der Waals surface area contributed by atoms with Gasteiger partial charge in [-0.3, -0.25) is 23.7 Å². The minimum Gasteiger partial charge on any atom is -0.351 e. The summed E-state index contributed by atoms with van der Waals surface area (Å²) in [7, 11) is -3.92. The van der Waals surface area contributed by atoms with Crippen LogP contribution in [0.15, 0.2) is 63.2 Å². The number of imide groups is 3. The molecular weight excluding hydrogens is 573 g/mol. The number of carbonyl (C=O) groups excluding carboxylic acids is 4. The predicted octanol–water partition coefficient (Wildman–Crippen LogP) is 1.00. The number of benzene rings is 2. The molecule has 202 valence electrons. The largest absolute Gasteiger partial charge is 0.351 e. The molecule has 1 saturated heterocycles. The minimum atomic E-state index is -3.92. The number of primary sulfonamides is 1. The Balaban J connectivity index is 1.51. The summed E-state index contributed by atoms with van der Waals surface area (Å²) >= 11 is 1.65. The smallest absolute Gasteiger partial charge is 0.328 e. The molecule has 0 bridgehead atoms. The van der Waals surface area contributed by atoms with E-state index in [9.17, 15) is 36.8 Å². The topological polar surface area (TPSA) is 192 Å². The molecule has 1 fully saturated rings. The molecule has 1 aromatic heterocycles. The van der Waals surface area contributed by atoms with E-state index in [0.717, 1.165) is 27.7 Å². The summed E-state index contributed by atoms with van der Waals surface area (Å²) in [4.78, 5) is 64.0. The number of hydrogen-bond donors (Lipinski definition) is 3. The van der Waals surface area contributed by atoms with Crippen LogP contribution in [0.3, 0.4) is 0 Å². The predicted molar refractivity (Wildman–Crippen MR) is 138 cm³/mol. The number of urea groups is 1. The van der Waals surface area contributed by atoms with Gasteiger partial charge in [0.2, 0.25) is 21.8 Å². The number of likely N-dealkylation sites (tertiary alicyclic amines) is 1. The van der Waals surface area contributed by atoms with Gasteiger partial charge >= 0.3 is 10.9 Å². The van der Waals surface area contributed by atoms with Crippen molar-refractivity contribution in [3.63, 3.8) is 0 Å². The number of rotatable bonds is 5. The van der Waals surface area contributed by atoms with Crippen LogP contribution in [-0.4, -0.2) is 46.9 Å². The van der Waals surface area contributed by atoms with E-state index in [0.29, 0.717) is 15.3 Å². The molecule has 0 saturated carbocycles. The quantitative estimate of drug-likeness (QED) is 0.366. The van der Waals surface area contributed by atoms with Crippen LogP contribution in [-0.2, 0) is 31.0 Å². The fourth-order valence-electron chi connectivity index (χ4n) is 4.57. The molecule has 2 aliphatic rings. The molecule has 5 N–H and O–H groups in total. The van der Waals surface area contributed by atoms with Crippen molar-refractivity contribution in [1.82, 2.24) is 9.47 Å². The fraction of sp³-hybridized carbons (Fsp3) is 0.174. The molecule has 2 aliphatic heterocycles. The number of carbonyl (C=O) groups is 4. The van der Waals surface area contributed by atoms with Crippen LogP contribution in [0.25, 0.3) is 0 Å². The highest BCUT2D eigenvalue weighted by Crippen LogP contribution is 2.53. The molecule has 3 heterocycles. The number of primary amides is 1. The maximum absolute atomic E-state index is 13.7. The van der Waals surface area contributed by atoms with Crippen LogP contribution < -0.4 is 21.1 Å². The Labute approximate surface area is 227 Å². The van der Waals surface area contributed by atoms with Gasteiger partial charge in [0.15, 0.2) is 0 Å². The number of thiazole rings is 1. The van der Waals surface area contributed by atoms with Gasteiger partial charge < -0.3 is 11.1 Å². The molecule has 2 aromatic carbocycles. The Hall–Kier alpha value is -3.86. The second-order valence-corrected chi connectivity index (χ2v) is 12.4. The first-order valence-electron chi connectivity index (χ1n) is 11.1. The maximum atomic E-state index is 13.7. The van der Waals surface area contributed by atoms with Crippen molar-refractivity contribution in [3.8, 4) is 0 Å². The lowest BCUT2D eigenvalue weighted by molar-refractivity contribution is -0.135. The Morgan fingerprint density at radius 3 is 2.23 bits per heavy atom. The highest BCUT2D eigenvalue weighted by Gasteiger charge is 2.57. The van der Waals surface area contributed by atoms with Crippen LogP contribution in [0.1, 0.15) is 16.4 Å². The van der Waals surface area contributed by atoms with E-state index in [1.807, 2.05) is 0 Å². The number of hydrogen-bond acceptors (Lipinski definition) is 9. The standard InChI is InChI=1S/C23H18FN5O7S3/c24-11-3-1-10(2-4-11)15-16-17(20(32)29(19(16)31)22(25)33)37-21-18(15)38-23(34)28(21)9-14(30)27-12-5-7-13(8-6-12)39(26,35)36/h1-8,15-17H,9H2,(H2,25,33)(H,27,30)(H2,26,35,36)/t15-,16+,17-/m0/s1. The summed E-state index contributed by atoms with van der Waals surface area (Å²) in [5.74, 6) is -4.78. The number of fused-ring (bicyclic) bond motifs is 2. The monoisotopic (exact) mass is 591 g/mol. The minimum absolute atomic E-state index is 0.151. The molecule has 0 unspecified atom stereocenters. The molecule has 0 radical (unpaired) electrons. The summed E-state index contributed by atoms with van der Waals surface area (Å²) in [6.45, 7) is -0.468. The van der Waals surface area contributed by atoms with E-state index in [1.165, 1.54) is 48.5 Å². The van der Waals surface area contributed by atoms with E-state index in [-0.39, 0.29) is 15.6 Å². The molecule has 5 rings (SSSR count). The average Bonchev–Trinajstić information content (AvgIpc) is 3.30. The third-order valence-electron chi connectivity index (χ3n) is 6.27. The molecule has 16 heteroatoms. The first kappa shape index (κ1) is 26.7. The first-order valence-corrected chi connectivity index (χ1v) is 14.4. The number of amides is 5. The summed E-state index contributed by atoms with van der Waals surface area (Å²) in [5, 5.41) is 6.78. The molecular formula is C23H18FN5O7S3. The SMILES string of the molecule is NC(=O)N1C(=O)[C@@H]2[C@H](c3ccc(F)cc3)c3sc(=O)n(CC(=O)Nc4ccc(S(N)(=O)=O)cc4)c3S[C@@H]2C1=O. The maximum Gasteiger partial charge on any atom is 0.328 e. The Morgan fingerprint density at radius 2 is 1.64 bits per heavy atom. The van der Waals surface area contributed by atoms with Crippen molar-refractivity contribution in [3.05, 3.63) is 74.5 Å². The number of halogens is 1. The van der Waals surface area contributed by atoms with E-state index in [2.05, 4.69) is 5.32 Å². The zero-order valence-electron chi connectivity index (χ0n) is 19.6. The van der Waals surface area contributed by atoms with Gasteiger partial charge in [-0.15, -0.1) is 0 Å². The second-order valence-electron chi connectivity index (χ2n) is 8.68. The van der Waals surface area contributed by atoms with E-state index >= 15 is 0 Å². The van der Waals surface area contributed by atoms with Gasteiger partial charge in [0.1, 0.15) is 17.6 Å². The first-order chi connectivity index (χ1) is 18.4. The Kier molecular flexibility index (Phi) is 6.66. The van der Waals surface area contributed by atoms with Crippen molar-refractivity contribution in [2.75, 3.05) is 5.32 Å². The van der Waals surface area contributed by atoms with Crippen molar-refractivity contribution in [2.45, 2.75) is 27.6 Å². The summed E-state index contributed by atoms with van der Waals surface area (Å²) in [5.41, 5.74) is 5.97. The number of sulfonamides is 1. The lowest BCUT2D eigenvalue weighted by Crippen LogP contribution is -2.41. The number of aromatic nitrogens is 1. The zero-order chi connectivity index (χ0) is 28.2. The van der Waals surface area contributed by atoms with Gasteiger partial charge in [0.05, 0.1) is 15.8 Å². The lowest BCUT2D eigenvalue weighted by Gasteiger charge is -2.30. The second kappa shape index (κ2) is 9.71. The van der Waals surface area contributed by atoms with Gasteiger partial charge in [0.25, 0.3) is 5.91 Å². The van der Waals surface area contributed by atoms with Gasteiger partial charge in [0, 0.05) is 16.5 Å². The van der Waals surface area contributed by atoms with Crippen molar-refractivity contribution in [2.24, 2.45) is 16.8 Å². The van der Waals surface area contributed by atoms with Crippen LogP contribution in [0, 0.1) is 11.7 Å². The van der Waals surface area contributed by atoms with E-state index in [1.54, 1.807) is 0 Å². The zero-order valence-corrected chi connectivity index (χ0v) is 22.0. The lowest BCUT2D eigenvalue weighted by atomic mass is 9.83. The van der Waals surface area contributed by atoms with Crippen molar-refractivity contribution < 1.29 is 32.0 Å². The number of thioether (sulfide) groups is 1. The molecule has 5 amide bonds. The summed E-state index contributed by atoms with van der Waals surface area (Å²) in [6, 6.07) is 9.04. The molecule has 12 nitrogen and oxygen atoms in total. The van der Waals surface area contributed by atoms with Crippen LogP contribution >= 0.6 is 23.1 Å². The van der Waals surface area contributed by atoms with Gasteiger partial charge in [-0.1, -0.05) is 35.2 Å². The fourth-order valence-corrected chi connectivity index (χ4v) is 7.86. The number of nitrogens with one attached hydrogen (secondary N) is 1. The third kappa shape index (κ3) is 4.75. The van der Waals surface area contributed by atoms with Crippen LogP contribution in [0.2, 0.25) is 0 Å². The number of anilines is 1. The van der Waals surface area contributed by atoms with Crippen LogP contribution in [0.4, 0.5) is 14.9 Å². The Bertz CT molecular complexity index is 1700. The molecule has 0 aliphatic carbocycles. The van der Waals surface area contributed by atoms with Gasteiger partial charge in [-0.25, -0.2) is 22.7 Å². The van der Waals surface area contributed by atoms with Crippen molar-refractivity contribution >= 4 is 62.6 Å². The molecule has 3 atom stereocenters. The normalized spacial score (nSPS) is 20.5. The average molecular weight is 592 g/mol. The van der Waals surface area contributed by atoms with Gasteiger partial charge in [-0.2, -0.15) is 4.90 Å². The van der Waals surface area contributed by atoms with Crippen molar-refractivity contribution in [1.29, 1.82) is 0 Å². The summed E-state index contributed by atoms with van der Waals surface area (Å²) in [6.07, 6.45) is 0. The Morgan fingerprint density at radius 1 is 1.00 bits per heavy atom. The van der Waals surface area contributed by atoms with E-state index in [4.69, 9.17) is 10.9 Å². The highest BCUT2D eigenvalue weighted by molar-refractivity contribution is 8.00. The number of nitrogens with two attached hydrogens (primary N) is 2. The molecule has 3 aromatic rings. The highest BCUT2D eigenvalue weighted by atomic mass is 32.2. The molecule has 0 spiro atoms. The number of nitrogens with zero attached hydrogens (tertiary/aromatic N) is 2.